The number of thioether (sulfide) groups is 1. The molecule has 0 unspecified atom stereocenters. The van der Waals surface area contributed by atoms with E-state index in [9.17, 15) is 0 Å². The number of anilines is 2. The van der Waals surface area contributed by atoms with Crippen molar-refractivity contribution in [3.05, 3.63) is 18.2 Å². The average Bonchev–Trinajstić information content (AvgIpc) is 2.60. The summed E-state index contributed by atoms with van der Waals surface area (Å²) in [6, 6.07) is 6.00. The van der Waals surface area contributed by atoms with Crippen LogP contribution in [0.3, 0.4) is 0 Å². The molecule has 0 bridgehead atoms. The lowest BCUT2D eigenvalue weighted by atomic mass is 10.3. The van der Waals surface area contributed by atoms with Crippen LogP contribution in [0.4, 0.5) is 11.7 Å². The van der Waals surface area contributed by atoms with Gasteiger partial charge in [-0.1, -0.05) is 0 Å². The summed E-state index contributed by atoms with van der Waals surface area (Å²) in [6.07, 6.45) is 2.06. The second kappa shape index (κ2) is 4.44. The molecule has 3 N–H and O–H groups in total. The number of hydrogen-bond donors (Lipinski definition) is 2. The smallest absolute Gasteiger partial charge is 0.295 e. The first-order chi connectivity index (χ1) is 7.29. The van der Waals surface area contributed by atoms with Gasteiger partial charge in [0.25, 0.3) is 6.01 Å². The summed E-state index contributed by atoms with van der Waals surface area (Å²) in [5.41, 5.74) is 7.90. The molecule has 15 heavy (non-hydrogen) atoms. The lowest BCUT2D eigenvalue weighted by Gasteiger charge is -1.97. The Morgan fingerprint density at radius 1 is 1.53 bits per heavy atom. The van der Waals surface area contributed by atoms with E-state index in [1.807, 2.05) is 6.07 Å². The zero-order chi connectivity index (χ0) is 10.7. The molecule has 1 heterocycles. The second-order valence-electron chi connectivity index (χ2n) is 3.17. The molecule has 0 saturated carbocycles. The SMILES string of the molecule is CSCCNc1nc2cc(N)ccc2o1. The number of rotatable bonds is 4. The van der Waals surface area contributed by atoms with E-state index in [-0.39, 0.29) is 0 Å². The van der Waals surface area contributed by atoms with Crippen molar-refractivity contribution in [2.24, 2.45) is 0 Å². The van der Waals surface area contributed by atoms with Gasteiger partial charge in [-0.25, -0.2) is 0 Å². The third-order valence-electron chi connectivity index (χ3n) is 1.99. The van der Waals surface area contributed by atoms with E-state index in [2.05, 4.69) is 16.6 Å². The van der Waals surface area contributed by atoms with E-state index in [1.54, 1.807) is 23.9 Å². The summed E-state index contributed by atoms with van der Waals surface area (Å²) in [4.78, 5) is 4.28. The number of fused-ring (bicyclic) bond motifs is 1. The highest BCUT2D eigenvalue weighted by Gasteiger charge is 2.04. The van der Waals surface area contributed by atoms with Crippen LogP contribution in [0, 0.1) is 0 Å². The molecule has 4 nitrogen and oxygen atoms in total. The normalized spacial score (nSPS) is 10.7. The molecule has 0 amide bonds. The zero-order valence-corrected chi connectivity index (χ0v) is 9.30. The molecule has 80 valence electrons. The third kappa shape index (κ3) is 2.36. The summed E-state index contributed by atoms with van der Waals surface area (Å²) in [5, 5.41) is 3.12. The van der Waals surface area contributed by atoms with Crippen LogP contribution in [0.5, 0.6) is 0 Å². The number of aromatic nitrogens is 1. The maximum Gasteiger partial charge on any atom is 0.295 e. The minimum Gasteiger partial charge on any atom is -0.424 e. The fourth-order valence-electron chi connectivity index (χ4n) is 1.28. The number of benzene rings is 1. The number of oxazole rings is 1. The Morgan fingerprint density at radius 3 is 3.20 bits per heavy atom. The van der Waals surface area contributed by atoms with Gasteiger partial charge in [-0.3, -0.25) is 0 Å². The Balaban J connectivity index is 2.16. The molecule has 0 aliphatic heterocycles. The van der Waals surface area contributed by atoms with Gasteiger partial charge in [0.2, 0.25) is 0 Å². The molecule has 0 saturated heterocycles. The molecular weight excluding hydrogens is 210 g/mol. The summed E-state index contributed by atoms with van der Waals surface area (Å²) < 4.78 is 5.48. The van der Waals surface area contributed by atoms with E-state index in [0.717, 1.165) is 23.4 Å². The van der Waals surface area contributed by atoms with Crippen LogP contribution in [0.15, 0.2) is 22.6 Å². The fourth-order valence-corrected chi connectivity index (χ4v) is 1.59. The van der Waals surface area contributed by atoms with Crippen molar-refractivity contribution in [2.75, 3.05) is 29.6 Å². The number of nitrogens with one attached hydrogen (secondary N) is 1. The molecule has 0 radical (unpaired) electrons. The number of nitrogens with zero attached hydrogens (tertiary/aromatic N) is 1. The summed E-state index contributed by atoms with van der Waals surface area (Å²) in [6.45, 7) is 0.851. The fraction of sp³-hybridized carbons (Fsp3) is 0.300. The maximum atomic E-state index is 5.65. The van der Waals surface area contributed by atoms with Crippen molar-refractivity contribution in [2.45, 2.75) is 0 Å². The van der Waals surface area contributed by atoms with E-state index in [4.69, 9.17) is 10.2 Å². The van der Waals surface area contributed by atoms with Crippen molar-refractivity contribution in [3.8, 4) is 0 Å². The molecule has 0 spiro atoms. The topological polar surface area (TPSA) is 64.1 Å². The van der Waals surface area contributed by atoms with Crippen molar-refractivity contribution >= 4 is 34.6 Å². The molecule has 0 fully saturated rings. The summed E-state index contributed by atoms with van der Waals surface area (Å²) in [5.74, 6) is 1.03. The van der Waals surface area contributed by atoms with E-state index in [1.165, 1.54) is 0 Å². The Hall–Kier alpha value is -1.36. The van der Waals surface area contributed by atoms with Crippen LogP contribution >= 0.6 is 11.8 Å². The first kappa shape index (κ1) is 10.2. The van der Waals surface area contributed by atoms with Crippen LogP contribution in [-0.4, -0.2) is 23.5 Å². The number of nitrogens with two attached hydrogens (primary N) is 1. The van der Waals surface area contributed by atoms with Crippen LogP contribution in [0.2, 0.25) is 0 Å². The van der Waals surface area contributed by atoms with E-state index < -0.39 is 0 Å². The van der Waals surface area contributed by atoms with Gasteiger partial charge in [0.15, 0.2) is 5.58 Å². The van der Waals surface area contributed by atoms with Crippen LogP contribution < -0.4 is 11.1 Å². The molecule has 0 aliphatic carbocycles. The largest absolute Gasteiger partial charge is 0.424 e. The van der Waals surface area contributed by atoms with Crippen molar-refractivity contribution < 1.29 is 4.42 Å². The second-order valence-corrected chi connectivity index (χ2v) is 4.15. The highest BCUT2D eigenvalue weighted by atomic mass is 32.2. The van der Waals surface area contributed by atoms with Crippen LogP contribution in [0.25, 0.3) is 11.1 Å². The van der Waals surface area contributed by atoms with Crippen LogP contribution in [-0.2, 0) is 0 Å². The molecule has 5 heteroatoms. The number of hydrogen-bond acceptors (Lipinski definition) is 5. The highest BCUT2D eigenvalue weighted by molar-refractivity contribution is 7.98. The minimum atomic E-state index is 0.560. The van der Waals surface area contributed by atoms with Crippen LogP contribution in [0.1, 0.15) is 0 Å². The first-order valence-electron chi connectivity index (χ1n) is 4.68. The molecule has 1 aromatic heterocycles. The molecule has 2 rings (SSSR count). The van der Waals surface area contributed by atoms with Crippen molar-refractivity contribution in [1.82, 2.24) is 4.98 Å². The van der Waals surface area contributed by atoms with Gasteiger partial charge >= 0.3 is 0 Å². The van der Waals surface area contributed by atoms with Gasteiger partial charge in [0.1, 0.15) is 5.52 Å². The Labute approximate surface area is 92.2 Å². The third-order valence-corrected chi connectivity index (χ3v) is 2.61. The van der Waals surface area contributed by atoms with Crippen molar-refractivity contribution in [1.29, 1.82) is 0 Å². The molecule has 2 aromatic rings. The zero-order valence-electron chi connectivity index (χ0n) is 8.49. The van der Waals surface area contributed by atoms with Gasteiger partial charge in [-0.2, -0.15) is 16.7 Å². The maximum absolute atomic E-state index is 5.65. The average molecular weight is 223 g/mol. The lowest BCUT2D eigenvalue weighted by molar-refractivity contribution is 0.617. The molecule has 0 atom stereocenters. The minimum absolute atomic E-state index is 0.560. The first-order valence-corrected chi connectivity index (χ1v) is 6.08. The summed E-state index contributed by atoms with van der Waals surface area (Å²) >= 11 is 1.78. The molecular formula is C10H13N3OS. The van der Waals surface area contributed by atoms with Gasteiger partial charge in [-0.15, -0.1) is 0 Å². The van der Waals surface area contributed by atoms with Gasteiger partial charge in [0, 0.05) is 18.0 Å². The predicted molar refractivity (Wildman–Crippen MR) is 65.3 cm³/mol. The Bertz CT molecular complexity index is 455. The number of nitrogen functional groups attached to an aromatic ring is 1. The van der Waals surface area contributed by atoms with Crippen molar-refractivity contribution in [3.63, 3.8) is 0 Å². The van der Waals surface area contributed by atoms with E-state index >= 15 is 0 Å². The monoisotopic (exact) mass is 223 g/mol. The standard InChI is InChI=1S/C10H13N3OS/c1-15-5-4-12-10-13-8-6-7(11)2-3-9(8)14-10/h2-3,6H,4-5,11H2,1H3,(H,12,13). The van der Waals surface area contributed by atoms with E-state index in [0.29, 0.717) is 11.7 Å². The molecule has 1 aromatic carbocycles. The predicted octanol–water partition coefficient (Wildman–Crippen LogP) is 2.18. The Kier molecular flexibility index (Phi) is 3.01. The van der Waals surface area contributed by atoms with Gasteiger partial charge in [-0.05, 0) is 24.5 Å². The van der Waals surface area contributed by atoms with Gasteiger partial charge in [0.05, 0.1) is 0 Å². The highest BCUT2D eigenvalue weighted by Crippen LogP contribution is 2.20. The Morgan fingerprint density at radius 2 is 2.40 bits per heavy atom. The van der Waals surface area contributed by atoms with Gasteiger partial charge < -0.3 is 15.5 Å². The lowest BCUT2D eigenvalue weighted by Crippen LogP contribution is -2.03. The summed E-state index contributed by atoms with van der Waals surface area (Å²) in [7, 11) is 0. The molecule has 0 aliphatic rings. The quantitative estimate of drug-likeness (QED) is 0.614.